The predicted molar refractivity (Wildman–Crippen MR) is 104 cm³/mol. The Hall–Kier alpha value is -2.66. The van der Waals surface area contributed by atoms with Crippen LogP contribution in [0.1, 0.15) is 32.6 Å². The van der Waals surface area contributed by atoms with Crippen molar-refractivity contribution in [3.8, 4) is 0 Å². The van der Waals surface area contributed by atoms with Crippen LogP contribution < -0.4 is 0 Å². The quantitative estimate of drug-likeness (QED) is 0.841. The Kier molecular flexibility index (Phi) is 5.68. The van der Waals surface area contributed by atoms with Crippen LogP contribution >= 0.6 is 0 Å². The molecule has 5 heteroatoms. The Balaban J connectivity index is 1.51. The average molecular weight is 351 g/mol. The SMILES string of the molecule is Cc1ccc(CN2CCN(N=Cc3ccc(C(=O)O)cc3)CC2)c(C)c1. The topological polar surface area (TPSA) is 56.1 Å². The van der Waals surface area contributed by atoms with E-state index in [1.807, 2.05) is 0 Å². The summed E-state index contributed by atoms with van der Waals surface area (Å²) in [5.41, 5.74) is 5.26. The molecule has 1 aliphatic heterocycles. The van der Waals surface area contributed by atoms with Gasteiger partial charge in [-0.1, -0.05) is 35.9 Å². The molecule has 0 aromatic heterocycles. The maximum atomic E-state index is 10.9. The molecular formula is C21H25N3O2. The summed E-state index contributed by atoms with van der Waals surface area (Å²) in [5.74, 6) is -0.909. The minimum absolute atomic E-state index is 0.294. The molecule has 5 nitrogen and oxygen atoms in total. The molecule has 1 saturated heterocycles. The summed E-state index contributed by atoms with van der Waals surface area (Å²) in [6.45, 7) is 9.07. The smallest absolute Gasteiger partial charge is 0.335 e. The highest BCUT2D eigenvalue weighted by atomic mass is 16.4. The highest BCUT2D eigenvalue weighted by Gasteiger charge is 2.16. The zero-order chi connectivity index (χ0) is 18.5. The molecule has 2 aromatic rings. The number of hydrazone groups is 1. The zero-order valence-electron chi connectivity index (χ0n) is 15.4. The number of hydrogen-bond acceptors (Lipinski definition) is 4. The average Bonchev–Trinajstić information content (AvgIpc) is 2.64. The molecule has 26 heavy (non-hydrogen) atoms. The fourth-order valence-electron chi connectivity index (χ4n) is 3.14. The first-order valence-electron chi connectivity index (χ1n) is 8.92. The van der Waals surface area contributed by atoms with Crippen LogP contribution in [0.15, 0.2) is 47.6 Å². The lowest BCUT2D eigenvalue weighted by Gasteiger charge is -2.33. The molecular weight excluding hydrogens is 326 g/mol. The van der Waals surface area contributed by atoms with Crippen molar-refractivity contribution in [3.63, 3.8) is 0 Å². The van der Waals surface area contributed by atoms with Crippen LogP contribution in [0.5, 0.6) is 0 Å². The van der Waals surface area contributed by atoms with Crippen LogP contribution in [0.25, 0.3) is 0 Å². The Morgan fingerprint density at radius 3 is 2.38 bits per heavy atom. The third-order valence-corrected chi connectivity index (χ3v) is 4.77. The summed E-state index contributed by atoms with van der Waals surface area (Å²) in [6, 6.07) is 13.4. The van der Waals surface area contributed by atoms with Gasteiger partial charge in [-0.25, -0.2) is 4.79 Å². The number of nitrogens with zero attached hydrogens (tertiary/aromatic N) is 3. The second kappa shape index (κ2) is 8.15. The van der Waals surface area contributed by atoms with E-state index in [1.165, 1.54) is 16.7 Å². The second-order valence-electron chi connectivity index (χ2n) is 6.83. The second-order valence-corrected chi connectivity index (χ2v) is 6.83. The molecule has 1 fully saturated rings. The lowest BCUT2D eigenvalue weighted by molar-refractivity contribution is 0.0697. The maximum Gasteiger partial charge on any atom is 0.335 e. The standard InChI is InChI=1S/C21H25N3O2/c1-16-3-6-20(17(2)13-16)15-23-9-11-24(12-10-23)22-14-18-4-7-19(8-5-18)21(25)26/h3-8,13-14H,9-12,15H2,1-2H3,(H,25,26). The fourth-order valence-corrected chi connectivity index (χ4v) is 3.14. The molecule has 3 rings (SSSR count). The van der Waals surface area contributed by atoms with Crippen LogP contribution in [-0.2, 0) is 6.54 Å². The Labute approximate surface area is 154 Å². The van der Waals surface area contributed by atoms with Gasteiger partial charge in [-0.3, -0.25) is 9.91 Å². The zero-order valence-corrected chi connectivity index (χ0v) is 15.4. The normalized spacial score (nSPS) is 15.5. The van der Waals surface area contributed by atoms with Gasteiger partial charge in [0.15, 0.2) is 0 Å². The molecule has 1 heterocycles. The van der Waals surface area contributed by atoms with E-state index in [1.54, 1.807) is 30.5 Å². The Morgan fingerprint density at radius 1 is 1.08 bits per heavy atom. The van der Waals surface area contributed by atoms with Gasteiger partial charge in [-0.2, -0.15) is 5.10 Å². The van der Waals surface area contributed by atoms with Crippen molar-refractivity contribution in [2.24, 2.45) is 5.10 Å². The van der Waals surface area contributed by atoms with Gasteiger partial charge >= 0.3 is 5.97 Å². The van der Waals surface area contributed by atoms with E-state index in [9.17, 15) is 4.79 Å². The highest BCUT2D eigenvalue weighted by Crippen LogP contribution is 2.14. The molecule has 0 radical (unpaired) electrons. The molecule has 0 bridgehead atoms. The first-order chi connectivity index (χ1) is 12.5. The molecule has 0 atom stereocenters. The summed E-state index contributed by atoms with van der Waals surface area (Å²) in [7, 11) is 0. The van der Waals surface area contributed by atoms with Gasteiger partial charge in [-0.15, -0.1) is 0 Å². The summed E-state index contributed by atoms with van der Waals surface area (Å²) in [5, 5.41) is 15.5. The van der Waals surface area contributed by atoms with Crippen molar-refractivity contribution in [2.75, 3.05) is 26.2 Å². The van der Waals surface area contributed by atoms with E-state index in [4.69, 9.17) is 5.11 Å². The number of aryl methyl sites for hydroxylation is 2. The predicted octanol–water partition coefficient (Wildman–Crippen LogP) is 3.15. The van der Waals surface area contributed by atoms with E-state index >= 15 is 0 Å². The number of benzene rings is 2. The van der Waals surface area contributed by atoms with Crippen LogP contribution in [0.4, 0.5) is 0 Å². The van der Waals surface area contributed by atoms with E-state index < -0.39 is 5.97 Å². The van der Waals surface area contributed by atoms with E-state index in [0.717, 1.165) is 38.3 Å². The number of piperazine rings is 1. The van der Waals surface area contributed by atoms with Gasteiger partial charge in [0, 0.05) is 32.7 Å². The molecule has 1 N–H and O–H groups in total. The molecule has 0 amide bonds. The first kappa shape index (κ1) is 18.1. The number of carboxylic acids is 1. The monoisotopic (exact) mass is 351 g/mol. The molecule has 0 spiro atoms. The number of rotatable bonds is 5. The van der Waals surface area contributed by atoms with Crippen LogP contribution in [0.2, 0.25) is 0 Å². The van der Waals surface area contributed by atoms with Gasteiger partial charge in [0.05, 0.1) is 11.8 Å². The van der Waals surface area contributed by atoms with E-state index in [2.05, 4.69) is 47.1 Å². The Morgan fingerprint density at radius 2 is 1.77 bits per heavy atom. The van der Waals surface area contributed by atoms with E-state index in [0.29, 0.717) is 5.56 Å². The van der Waals surface area contributed by atoms with Crippen molar-refractivity contribution >= 4 is 12.2 Å². The first-order valence-corrected chi connectivity index (χ1v) is 8.92. The van der Waals surface area contributed by atoms with Gasteiger partial charge in [0.2, 0.25) is 0 Å². The summed E-state index contributed by atoms with van der Waals surface area (Å²) < 4.78 is 0. The molecule has 0 saturated carbocycles. The highest BCUT2D eigenvalue weighted by molar-refractivity contribution is 5.89. The third kappa shape index (κ3) is 4.70. The van der Waals surface area contributed by atoms with Crippen molar-refractivity contribution in [1.82, 2.24) is 9.91 Å². The van der Waals surface area contributed by atoms with Crippen molar-refractivity contribution < 1.29 is 9.90 Å². The van der Waals surface area contributed by atoms with Gasteiger partial charge in [0.1, 0.15) is 0 Å². The van der Waals surface area contributed by atoms with Crippen molar-refractivity contribution in [1.29, 1.82) is 0 Å². The third-order valence-electron chi connectivity index (χ3n) is 4.77. The summed E-state index contributed by atoms with van der Waals surface area (Å²) in [4.78, 5) is 13.3. The van der Waals surface area contributed by atoms with E-state index in [-0.39, 0.29) is 0 Å². The lowest BCUT2D eigenvalue weighted by Crippen LogP contribution is -2.43. The molecule has 0 unspecified atom stereocenters. The summed E-state index contributed by atoms with van der Waals surface area (Å²) in [6.07, 6.45) is 1.80. The van der Waals surface area contributed by atoms with Crippen LogP contribution in [0.3, 0.4) is 0 Å². The molecule has 2 aromatic carbocycles. The fraction of sp³-hybridized carbons (Fsp3) is 0.333. The largest absolute Gasteiger partial charge is 0.478 e. The Bertz CT molecular complexity index is 791. The van der Waals surface area contributed by atoms with Gasteiger partial charge < -0.3 is 5.11 Å². The van der Waals surface area contributed by atoms with Crippen LogP contribution in [0, 0.1) is 13.8 Å². The minimum atomic E-state index is -0.909. The van der Waals surface area contributed by atoms with Gasteiger partial charge in [-0.05, 0) is 42.7 Å². The van der Waals surface area contributed by atoms with Crippen molar-refractivity contribution in [2.45, 2.75) is 20.4 Å². The number of carboxylic acid groups (broad SMARTS) is 1. The lowest BCUT2D eigenvalue weighted by atomic mass is 10.1. The van der Waals surface area contributed by atoms with Crippen molar-refractivity contribution in [3.05, 3.63) is 70.3 Å². The maximum absolute atomic E-state index is 10.9. The molecule has 136 valence electrons. The number of aromatic carboxylic acids is 1. The van der Waals surface area contributed by atoms with Gasteiger partial charge in [0.25, 0.3) is 0 Å². The molecule has 1 aliphatic rings. The summed E-state index contributed by atoms with van der Waals surface area (Å²) >= 11 is 0. The number of hydrogen-bond donors (Lipinski definition) is 1. The number of carbonyl (C=O) groups is 1. The molecule has 0 aliphatic carbocycles. The van der Waals surface area contributed by atoms with Crippen LogP contribution in [-0.4, -0.2) is 53.4 Å². The minimum Gasteiger partial charge on any atom is -0.478 e.